The molecule has 1 saturated carbocycles. The van der Waals surface area contributed by atoms with E-state index in [1.807, 2.05) is 11.0 Å². The van der Waals surface area contributed by atoms with Gasteiger partial charge in [-0.15, -0.1) is 0 Å². The Bertz CT molecular complexity index is 866. The molecule has 0 radical (unpaired) electrons. The smallest absolute Gasteiger partial charge is 0.275 e. The van der Waals surface area contributed by atoms with E-state index in [2.05, 4.69) is 34.1 Å². The fourth-order valence-electron chi connectivity index (χ4n) is 5.68. The van der Waals surface area contributed by atoms with Crippen LogP contribution in [-0.2, 0) is 4.79 Å². The van der Waals surface area contributed by atoms with Crippen molar-refractivity contribution in [2.24, 2.45) is 5.41 Å². The predicted octanol–water partition coefficient (Wildman–Crippen LogP) is 3.81. The van der Waals surface area contributed by atoms with Gasteiger partial charge in [0.1, 0.15) is 6.26 Å². The van der Waals surface area contributed by atoms with Crippen LogP contribution in [0.25, 0.3) is 0 Å². The number of benzene rings is 1. The summed E-state index contributed by atoms with van der Waals surface area (Å²) in [6, 6.07) is 10.9. The Hall–Kier alpha value is -2.63. The molecule has 3 heterocycles. The largest absolute Gasteiger partial charge is 0.451 e. The maximum absolute atomic E-state index is 13.4. The van der Waals surface area contributed by atoms with Gasteiger partial charge in [0.25, 0.3) is 5.91 Å². The Morgan fingerprint density at radius 1 is 1.07 bits per heavy atom. The lowest BCUT2D eigenvalue weighted by molar-refractivity contribution is -0.186. The molecule has 3 fully saturated rings. The second-order valence-corrected chi connectivity index (χ2v) is 8.64. The minimum atomic E-state index is -0.201. The van der Waals surface area contributed by atoms with E-state index in [0.717, 1.165) is 38.5 Å². The molecule has 2 amide bonds. The molecule has 2 aliphatic heterocycles. The van der Waals surface area contributed by atoms with Crippen LogP contribution >= 0.6 is 0 Å². The van der Waals surface area contributed by atoms with Gasteiger partial charge in [-0.1, -0.05) is 49.6 Å². The van der Waals surface area contributed by atoms with E-state index in [9.17, 15) is 9.59 Å². The molecule has 29 heavy (non-hydrogen) atoms. The maximum atomic E-state index is 13.4. The monoisotopic (exact) mass is 393 g/mol. The Morgan fingerprint density at radius 2 is 1.79 bits per heavy atom. The minimum Gasteiger partial charge on any atom is -0.451 e. The van der Waals surface area contributed by atoms with Gasteiger partial charge in [-0.25, -0.2) is 4.98 Å². The molecule has 0 bridgehead atoms. The van der Waals surface area contributed by atoms with Gasteiger partial charge >= 0.3 is 0 Å². The zero-order valence-electron chi connectivity index (χ0n) is 16.6. The zero-order valence-corrected chi connectivity index (χ0v) is 16.6. The quantitative estimate of drug-likeness (QED) is 0.744. The third-order valence-corrected chi connectivity index (χ3v) is 7.12. The Kier molecular flexibility index (Phi) is 4.64. The summed E-state index contributed by atoms with van der Waals surface area (Å²) >= 11 is 0. The normalized spacial score (nSPS) is 24.6. The second kappa shape index (κ2) is 7.32. The number of nitrogens with zero attached hydrogens (tertiary/aromatic N) is 3. The minimum absolute atomic E-state index is 0.0875. The average molecular weight is 393 g/mol. The number of hydrogen-bond donors (Lipinski definition) is 0. The summed E-state index contributed by atoms with van der Waals surface area (Å²) in [6.45, 7) is 1.29. The van der Waals surface area contributed by atoms with Crippen LogP contribution < -0.4 is 0 Å². The number of oxazole rings is 1. The van der Waals surface area contributed by atoms with E-state index in [-0.39, 0.29) is 23.4 Å². The molecule has 3 aliphatic rings. The number of piperidine rings is 1. The van der Waals surface area contributed by atoms with E-state index < -0.39 is 0 Å². The first-order chi connectivity index (χ1) is 14.2. The van der Waals surface area contributed by atoms with Gasteiger partial charge in [0, 0.05) is 19.1 Å². The van der Waals surface area contributed by atoms with Crippen LogP contribution in [0.5, 0.6) is 0 Å². The Balaban J connectivity index is 1.34. The van der Waals surface area contributed by atoms with Crippen molar-refractivity contribution in [3.63, 3.8) is 0 Å². The standard InChI is InChI=1S/C23H27N3O3/c27-21(19-15-29-16-24-19)25-13-9-18(10-14-25)26-20(17-7-3-1-4-8-17)23(22(26)28)11-5-2-6-12-23/h1,3-4,7-8,15-16,18,20H,2,5-6,9-14H2. The average Bonchev–Trinajstić information content (AvgIpc) is 3.33. The highest BCUT2D eigenvalue weighted by Crippen LogP contribution is 2.59. The van der Waals surface area contributed by atoms with Crippen molar-refractivity contribution < 1.29 is 14.0 Å². The summed E-state index contributed by atoms with van der Waals surface area (Å²) < 4.78 is 4.94. The molecule has 1 aromatic heterocycles. The van der Waals surface area contributed by atoms with Crippen LogP contribution in [0.15, 0.2) is 47.4 Å². The second-order valence-electron chi connectivity index (χ2n) is 8.64. The number of carbonyl (C=O) groups excluding carboxylic acids is 2. The van der Waals surface area contributed by atoms with Gasteiger partial charge in [-0.3, -0.25) is 9.59 Å². The summed E-state index contributed by atoms with van der Waals surface area (Å²) in [4.78, 5) is 33.9. The van der Waals surface area contributed by atoms with Gasteiger partial charge in [0.2, 0.25) is 5.91 Å². The molecule has 2 saturated heterocycles. The molecule has 1 spiro atoms. The lowest BCUT2D eigenvalue weighted by Crippen LogP contribution is -2.67. The molecule has 1 aromatic carbocycles. The van der Waals surface area contributed by atoms with E-state index in [1.165, 1.54) is 24.6 Å². The lowest BCUT2D eigenvalue weighted by Gasteiger charge is -2.61. The van der Waals surface area contributed by atoms with Crippen LogP contribution in [0.3, 0.4) is 0 Å². The topological polar surface area (TPSA) is 66.7 Å². The summed E-state index contributed by atoms with van der Waals surface area (Å²) in [5, 5.41) is 0. The molecular formula is C23H27N3O3. The highest BCUT2D eigenvalue weighted by atomic mass is 16.3. The molecule has 2 aromatic rings. The summed E-state index contributed by atoms with van der Waals surface area (Å²) in [6.07, 6.45) is 9.85. The van der Waals surface area contributed by atoms with Gasteiger partial charge < -0.3 is 14.2 Å². The predicted molar refractivity (Wildman–Crippen MR) is 107 cm³/mol. The molecule has 1 unspecified atom stereocenters. The van der Waals surface area contributed by atoms with Gasteiger partial charge in [-0.05, 0) is 31.2 Å². The first kappa shape index (κ1) is 18.4. The van der Waals surface area contributed by atoms with E-state index >= 15 is 0 Å². The molecule has 5 rings (SSSR count). The Labute approximate surface area is 170 Å². The fraction of sp³-hybridized carbons (Fsp3) is 0.522. The first-order valence-corrected chi connectivity index (χ1v) is 10.8. The number of hydrogen-bond acceptors (Lipinski definition) is 4. The molecule has 1 atom stereocenters. The number of likely N-dealkylation sites (tertiary alicyclic amines) is 2. The van der Waals surface area contributed by atoms with E-state index in [1.54, 1.807) is 0 Å². The van der Waals surface area contributed by atoms with Gasteiger partial charge in [-0.2, -0.15) is 0 Å². The first-order valence-electron chi connectivity index (χ1n) is 10.8. The van der Waals surface area contributed by atoms with E-state index in [4.69, 9.17) is 4.42 Å². The SMILES string of the molecule is O=C(c1cocn1)N1CCC(N2C(=O)C3(CCCCC3)C2c2ccccc2)CC1. The number of amides is 2. The van der Waals surface area contributed by atoms with Crippen molar-refractivity contribution in [3.8, 4) is 0 Å². The highest BCUT2D eigenvalue weighted by molar-refractivity contribution is 5.92. The molecule has 1 aliphatic carbocycles. The summed E-state index contributed by atoms with van der Waals surface area (Å²) in [7, 11) is 0. The molecule has 152 valence electrons. The number of aromatic nitrogens is 1. The fourth-order valence-corrected chi connectivity index (χ4v) is 5.68. The van der Waals surface area contributed by atoms with Crippen molar-refractivity contribution in [2.75, 3.05) is 13.1 Å². The van der Waals surface area contributed by atoms with Crippen LogP contribution in [0.2, 0.25) is 0 Å². The van der Waals surface area contributed by atoms with E-state index in [0.29, 0.717) is 24.7 Å². The summed E-state index contributed by atoms with van der Waals surface area (Å²) in [5.41, 5.74) is 1.41. The summed E-state index contributed by atoms with van der Waals surface area (Å²) in [5.74, 6) is 0.253. The number of rotatable bonds is 3. The van der Waals surface area contributed by atoms with Gasteiger partial charge in [0.15, 0.2) is 12.1 Å². The molecular weight excluding hydrogens is 366 g/mol. The maximum Gasteiger partial charge on any atom is 0.275 e. The molecule has 6 heteroatoms. The Morgan fingerprint density at radius 3 is 2.45 bits per heavy atom. The van der Waals surface area contributed by atoms with Crippen LogP contribution in [0, 0.1) is 5.41 Å². The van der Waals surface area contributed by atoms with Crippen molar-refractivity contribution >= 4 is 11.8 Å². The highest BCUT2D eigenvalue weighted by Gasteiger charge is 2.62. The lowest BCUT2D eigenvalue weighted by atomic mass is 9.59. The van der Waals surface area contributed by atoms with Gasteiger partial charge in [0.05, 0.1) is 11.5 Å². The van der Waals surface area contributed by atoms with Crippen LogP contribution in [0.1, 0.15) is 67.0 Å². The number of β-lactam (4-membered cyclic amide) rings is 1. The molecule has 6 nitrogen and oxygen atoms in total. The number of carbonyl (C=O) groups is 2. The van der Waals surface area contributed by atoms with Crippen molar-refractivity contribution in [1.29, 1.82) is 0 Å². The van der Waals surface area contributed by atoms with Crippen LogP contribution in [-0.4, -0.2) is 45.7 Å². The van der Waals surface area contributed by atoms with Crippen molar-refractivity contribution in [3.05, 3.63) is 54.2 Å². The van der Waals surface area contributed by atoms with Crippen LogP contribution in [0.4, 0.5) is 0 Å². The zero-order chi connectivity index (χ0) is 19.8. The third-order valence-electron chi connectivity index (χ3n) is 7.12. The van der Waals surface area contributed by atoms with Crippen molar-refractivity contribution in [1.82, 2.24) is 14.8 Å². The van der Waals surface area contributed by atoms with Crippen molar-refractivity contribution in [2.45, 2.75) is 57.0 Å². The third kappa shape index (κ3) is 2.96. The molecule has 0 N–H and O–H groups in total.